The fourth-order valence-electron chi connectivity index (χ4n) is 2.28. The van der Waals surface area contributed by atoms with Gasteiger partial charge in [-0.1, -0.05) is 6.08 Å². The van der Waals surface area contributed by atoms with Crippen molar-refractivity contribution in [2.24, 2.45) is 0 Å². The molecule has 0 spiro atoms. The standard InChI is InChI=1S/C12H22N2O2/c1-15-9-11-2-5-14(6-3-11)8-12-10-16-7-4-13-12/h2,12-13H,3-10H2,1H3. The highest BCUT2D eigenvalue weighted by Crippen LogP contribution is 2.11. The minimum Gasteiger partial charge on any atom is -0.380 e. The van der Waals surface area contributed by atoms with E-state index in [1.807, 2.05) is 0 Å². The van der Waals surface area contributed by atoms with E-state index in [-0.39, 0.29) is 0 Å². The number of nitrogens with one attached hydrogen (secondary N) is 1. The van der Waals surface area contributed by atoms with Gasteiger partial charge in [0.1, 0.15) is 0 Å². The van der Waals surface area contributed by atoms with Crippen molar-refractivity contribution in [1.82, 2.24) is 10.2 Å². The molecule has 16 heavy (non-hydrogen) atoms. The van der Waals surface area contributed by atoms with Gasteiger partial charge < -0.3 is 14.8 Å². The lowest BCUT2D eigenvalue weighted by Crippen LogP contribution is -2.49. The monoisotopic (exact) mass is 226 g/mol. The summed E-state index contributed by atoms with van der Waals surface area (Å²) in [5, 5.41) is 3.49. The third-order valence-electron chi connectivity index (χ3n) is 3.19. The Morgan fingerprint density at radius 1 is 1.62 bits per heavy atom. The molecule has 0 aliphatic carbocycles. The highest BCUT2D eigenvalue weighted by atomic mass is 16.5. The Morgan fingerprint density at radius 3 is 3.19 bits per heavy atom. The maximum Gasteiger partial charge on any atom is 0.0673 e. The lowest BCUT2D eigenvalue weighted by molar-refractivity contribution is 0.0627. The topological polar surface area (TPSA) is 33.7 Å². The number of nitrogens with zero attached hydrogens (tertiary/aromatic N) is 1. The van der Waals surface area contributed by atoms with Crippen LogP contribution in [-0.2, 0) is 9.47 Å². The molecule has 0 radical (unpaired) electrons. The lowest BCUT2D eigenvalue weighted by Gasteiger charge is -2.32. The molecule has 4 nitrogen and oxygen atoms in total. The molecule has 0 aromatic carbocycles. The van der Waals surface area contributed by atoms with Gasteiger partial charge in [-0.3, -0.25) is 4.90 Å². The summed E-state index contributed by atoms with van der Waals surface area (Å²) in [7, 11) is 1.76. The van der Waals surface area contributed by atoms with Gasteiger partial charge >= 0.3 is 0 Å². The van der Waals surface area contributed by atoms with E-state index < -0.39 is 0 Å². The molecule has 92 valence electrons. The van der Waals surface area contributed by atoms with Gasteiger partial charge in [-0.05, 0) is 12.0 Å². The second kappa shape index (κ2) is 6.35. The maximum atomic E-state index is 5.46. The van der Waals surface area contributed by atoms with Crippen molar-refractivity contribution in [2.45, 2.75) is 12.5 Å². The maximum absolute atomic E-state index is 5.46. The van der Waals surface area contributed by atoms with Crippen LogP contribution in [0.5, 0.6) is 0 Å². The first kappa shape index (κ1) is 12.0. The summed E-state index contributed by atoms with van der Waals surface area (Å²) in [6, 6.07) is 0.506. The average Bonchev–Trinajstić information content (AvgIpc) is 2.33. The molecule has 1 saturated heterocycles. The summed E-state index contributed by atoms with van der Waals surface area (Å²) in [5.41, 5.74) is 1.44. The van der Waals surface area contributed by atoms with Gasteiger partial charge in [-0.25, -0.2) is 0 Å². The zero-order chi connectivity index (χ0) is 11.2. The van der Waals surface area contributed by atoms with Gasteiger partial charge in [-0.2, -0.15) is 0 Å². The Labute approximate surface area is 97.6 Å². The van der Waals surface area contributed by atoms with Crippen molar-refractivity contribution in [1.29, 1.82) is 0 Å². The summed E-state index contributed by atoms with van der Waals surface area (Å²) in [6.45, 7) is 6.78. The van der Waals surface area contributed by atoms with Crippen LogP contribution in [0.25, 0.3) is 0 Å². The number of hydrogen-bond donors (Lipinski definition) is 1. The Balaban J connectivity index is 1.71. The molecule has 2 aliphatic rings. The molecule has 2 aliphatic heterocycles. The van der Waals surface area contributed by atoms with Crippen LogP contribution in [0.1, 0.15) is 6.42 Å². The Bertz CT molecular complexity index is 237. The molecule has 0 aromatic rings. The molecule has 0 aromatic heterocycles. The van der Waals surface area contributed by atoms with E-state index in [1.165, 1.54) is 5.57 Å². The van der Waals surface area contributed by atoms with Gasteiger partial charge in [-0.15, -0.1) is 0 Å². The number of morpholine rings is 1. The molecule has 0 saturated carbocycles. The van der Waals surface area contributed by atoms with E-state index in [9.17, 15) is 0 Å². The SMILES string of the molecule is COCC1=CCN(CC2COCCN2)CC1. The Kier molecular flexibility index (Phi) is 4.78. The van der Waals surface area contributed by atoms with E-state index in [0.29, 0.717) is 6.04 Å². The number of rotatable bonds is 4. The van der Waals surface area contributed by atoms with Crippen LogP contribution in [0.2, 0.25) is 0 Å². The van der Waals surface area contributed by atoms with E-state index in [1.54, 1.807) is 7.11 Å². The minimum atomic E-state index is 0.506. The van der Waals surface area contributed by atoms with E-state index in [2.05, 4.69) is 16.3 Å². The zero-order valence-electron chi connectivity index (χ0n) is 10.1. The van der Waals surface area contributed by atoms with E-state index in [4.69, 9.17) is 9.47 Å². The molecule has 1 unspecified atom stereocenters. The second-order valence-corrected chi connectivity index (χ2v) is 4.53. The van der Waals surface area contributed by atoms with Crippen molar-refractivity contribution < 1.29 is 9.47 Å². The molecule has 2 heterocycles. The normalized spacial score (nSPS) is 27.8. The van der Waals surface area contributed by atoms with Crippen LogP contribution in [0.4, 0.5) is 0 Å². The van der Waals surface area contributed by atoms with E-state index >= 15 is 0 Å². The van der Waals surface area contributed by atoms with Crippen LogP contribution in [0.3, 0.4) is 0 Å². The van der Waals surface area contributed by atoms with Crippen molar-refractivity contribution >= 4 is 0 Å². The van der Waals surface area contributed by atoms with Crippen molar-refractivity contribution in [2.75, 3.05) is 53.1 Å². The summed E-state index contributed by atoms with van der Waals surface area (Å²) < 4.78 is 10.6. The molecule has 1 atom stereocenters. The predicted octanol–water partition coefficient (Wildman–Crippen LogP) is 0.253. The van der Waals surface area contributed by atoms with Crippen molar-refractivity contribution in [3.05, 3.63) is 11.6 Å². The minimum absolute atomic E-state index is 0.506. The van der Waals surface area contributed by atoms with Gasteiger partial charge in [0.2, 0.25) is 0 Å². The van der Waals surface area contributed by atoms with Gasteiger partial charge in [0.15, 0.2) is 0 Å². The zero-order valence-corrected chi connectivity index (χ0v) is 10.1. The van der Waals surface area contributed by atoms with Gasteiger partial charge in [0.05, 0.1) is 19.8 Å². The molecular weight excluding hydrogens is 204 g/mol. The molecule has 4 heteroatoms. The molecule has 2 rings (SSSR count). The van der Waals surface area contributed by atoms with Crippen molar-refractivity contribution in [3.8, 4) is 0 Å². The van der Waals surface area contributed by atoms with Gasteiger partial charge in [0, 0.05) is 39.3 Å². The predicted molar refractivity (Wildman–Crippen MR) is 63.6 cm³/mol. The van der Waals surface area contributed by atoms with Crippen LogP contribution >= 0.6 is 0 Å². The van der Waals surface area contributed by atoms with Crippen LogP contribution < -0.4 is 5.32 Å². The first-order valence-corrected chi connectivity index (χ1v) is 6.09. The summed E-state index contributed by atoms with van der Waals surface area (Å²) in [5.74, 6) is 0. The lowest BCUT2D eigenvalue weighted by atomic mass is 10.1. The molecule has 0 bridgehead atoms. The fraction of sp³-hybridized carbons (Fsp3) is 0.833. The van der Waals surface area contributed by atoms with Crippen LogP contribution in [-0.4, -0.2) is 64.1 Å². The highest BCUT2D eigenvalue weighted by Gasteiger charge is 2.18. The highest BCUT2D eigenvalue weighted by molar-refractivity contribution is 5.07. The largest absolute Gasteiger partial charge is 0.380 e. The average molecular weight is 226 g/mol. The molecule has 1 fully saturated rings. The number of hydrogen-bond acceptors (Lipinski definition) is 4. The second-order valence-electron chi connectivity index (χ2n) is 4.53. The number of methoxy groups -OCH3 is 1. The Hall–Kier alpha value is -0.420. The van der Waals surface area contributed by atoms with Gasteiger partial charge in [0.25, 0.3) is 0 Å². The fourth-order valence-corrected chi connectivity index (χ4v) is 2.28. The molecule has 0 amide bonds. The first-order chi connectivity index (χ1) is 7.88. The van der Waals surface area contributed by atoms with Crippen LogP contribution in [0, 0.1) is 0 Å². The smallest absolute Gasteiger partial charge is 0.0673 e. The summed E-state index contributed by atoms with van der Waals surface area (Å²) in [4.78, 5) is 2.48. The van der Waals surface area contributed by atoms with E-state index in [0.717, 1.165) is 52.4 Å². The summed E-state index contributed by atoms with van der Waals surface area (Å²) in [6.07, 6.45) is 3.44. The van der Waals surface area contributed by atoms with Crippen LogP contribution in [0.15, 0.2) is 11.6 Å². The summed E-state index contributed by atoms with van der Waals surface area (Å²) >= 11 is 0. The molecular formula is C12H22N2O2. The quantitative estimate of drug-likeness (QED) is 0.697. The third kappa shape index (κ3) is 3.56. The first-order valence-electron chi connectivity index (χ1n) is 6.09. The third-order valence-corrected chi connectivity index (χ3v) is 3.19. The van der Waals surface area contributed by atoms with Crippen molar-refractivity contribution in [3.63, 3.8) is 0 Å². The molecule has 1 N–H and O–H groups in total. The Morgan fingerprint density at radius 2 is 2.56 bits per heavy atom. The number of ether oxygens (including phenoxy) is 2.